The maximum Gasteiger partial charge on any atom is 0.250 e. The molecule has 0 aliphatic carbocycles. The summed E-state index contributed by atoms with van der Waals surface area (Å²) < 4.78 is 7.16. The summed E-state index contributed by atoms with van der Waals surface area (Å²) in [7, 11) is 1.50. The van der Waals surface area contributed by atoms with E-state index in [1.54, 1.807) is 6.20 Å². The summed E-state index contributed by atoms with van der Waals surface area (Å²) in [4.78, 5) is 18.9. The number of nitrogens with one attached hydrogen (secondary N) is 2. The Morgan fingerprint density at radius 3 is 2.65 bits per heavy atom. The van der Waals surface area contributed by atoms with Gasteiger partial charge in [0.2, 0.25) is 5.91 Å². The van der Waals surface area contributed by atoms with Crippen LogP contribution in [0.2, 0.25) is 0 Å². The first kappa shape index (κ1) is 24.7. The number of benzene rings is 2. The van der Waals surface area contributed by atoms with Crippen LogP contribution in [0.25, 0.3) is 5.69 Å². The summed E-state index contributed by atoms with van der Waals surface area (Å²) >= 11 is 5.90. The average molecular weight is 512 g/mol. The monoisotopic (exact) mass is 511 g/mol. The van der Waals surface area contributed by atoms with Crippen molar-refractivity contribution in [2.45, 2.75) is 25.9 Å². The average Bonchev–Trinajstić information content (AvgIpc) is 3.50. The molecule has 1 amide bonds. The van der Waals surface area contributed by atoms with Crippen molar-refractivity contribution < 1.29 is 9.53 Å². The number of methoxy groups -OCH3 is 1. The Labute approximate surface area is 222 Å². The zero-order chi connectivity index (χ0) is 25.9. The second kappa shape index (κ2) is 10.5. The van der Waals surface area contributed by atoms with E-state index in [1.807, 2.05) is 43.3 Å². The van der Waals surface area contributed by atoms with Gasteiger partial charge >= 0.3 is 0 Å². The number of hydrogen-bond acceptors (Lipinski definition) is 4. The number of aromatic nitrogens is 2. The lowest BCUT2D eigenvalue weighted by molar-refractivity contribution is -0.119. The molecular formula is C29H29N5O2S. The fourth-order valence-electron chi connectivity index (χ4n) is 4.84. The molecule has 7 nitrogen and oxygen atoms in total. The van der Waals surface area contributed by atoms with Gasteiger partial charge in [0.05, 0.1) is 11.7 Å². The molecule has 1 aliphatic heterocycles. The highest BCUT2D eigenvalue weighted by Crippen LogP contribution is 2.42. The van der Waals surface area contributed by atoms with Crippen LogP contribution < -0.4 is 15.5 Å². The highest BCUT2D eigenvalue weighted by molar-refractivity contribution is 7.80. The van der Waals surface area contributed by atoms with Gasteiger partial charge in [-0.15, -0.1) is 0 Å². The van der Waals surface area contributed by atoms with E-state index >= 15 is 0 Å². The van der Waals surface area contributed by atoms with Crippen molar-refractivity contribution in [1.82, 2.24) is 14.9 Å². The topological polar surface area (TPSA) is 71.4 Å². The third kappa shape index (κ3) is 4.98. The summed E-state index contributed by atoms with van der Waals surface area (Å²) in [6, 6.07) is 24.2. The molecule has 2 aromatic carbocycles. The molecule has 3 heterocycles. The highest BCUT2D eigenvalue weighted by atomic mass is 32.1. The standard InChI is InChI=1S/C29H29N5O2S/c1-19-8-6-9-21(16-19)33-15-7-11-25(33)28-27(24-10-4-5-14-30-24)32-29(37)34(28)22-12-13-23(20(2)17-22)31-26(35)18-36-3/h4-17,27-28H,18H2,1-3H3,(H,31,35)(H,32,37)/t27-,28-/m1/s1. The normalized spacial score (nSPS) is 17.1. The summed E-state index contributed by atoms with van der Waals surface area (Å²) in [5, 5.41) is 7.05. The molecule has 2 aromatic heterocycles. The molecule has 188 valence electrons. The van der Waals surface area contributed by atoms with Gasteiger partial charge in [0.1, 0.15) is 12.6 Å². The second-order valence-corrected chi connectivity index (χ2v) is 9.51. The molecule has 0 unspecified atom stereocenters. The van der Waals surface area contributed by atoms with E-state index in [0.717, 1.165) is 34.0 Å². The molecule has 5 rings (SSSR count). The van der Waals surface area contributed by atoms with E-state index < -0.39 is 0 Å². The van der Waals surface area contributed by atoms with Crippen LogP contribution in [0.15, 0.2) is 85.2 Å². The van der Waals surface area contributed by atoms with Crippen molar-refractivity contribution in [1.29, 1.82) is 0 Å². The maximum atomic E-state index is 12.1. The van der Waals surface area contributed by atoms with E-state index in [9.17, 15) is 4.79 Å². The number of carbonyl (C=O) groups is 1. The van der Waals surface area contributed by atoms with Crippen molar-refractivity contribution in [3.8, 4) is 5.69 Å². The van der Waals surface area contributed by atoms with E-state index in [0.29, 0.717) is 5.11 Å². The van der Waals surface area contributed by atoms with Crippen molar-refractivity contribution in [3.05, 3.63) is 108 Å². The van der Waals surface area contributed by atoms with Gasteiger partial charge in [0, 0.05) is 42.3 Å². The van der Waals surface area contributed by atoms with Crippen molar-refractivity contribution in [2.75, 3.05) is 23.9 Å². The first-order valence-electron chi connectivity index (χ1n) is 12.1. The molecule has 2 N–H and O–H groups in total. The minimum Gasteiger partial charge on any atom is -0.375 e. The van der Waals surface area contributed by atoms with Gasteiger partial charge in [-0.2, -0.15) is 0 Å². The molecule has 0 saturated carbocycles. The lowest BCUT2D eigenvalue weighted by Crippen LogP contribution is -2.30. The number of thiocarbonyl (C=S) groups is 1. The molecule has 0 bridgehead atoms. The zero-order valence-electron chi connectivity index (χ0n) is 21.0. The van der Waals surface area contributed by atoms with E-state index in [4.69, 9.17) is 17.0 Å². The largest absolute Gasteiger partial charge is 0.375 e. The van der Waals surface area contributed by atoms with Gasteiger partial charge in [-0.1, -0.05) is 18.2 Å². The van der Waals surface area contributed by atoms with E-state index in [2.05, 4.69) is 74.6 Å². The number of amides is 1. The predicted molar refractivity (Wildman–Crippen MR) is 150 cm³/mol. The van der Waals surface area contributed by atoms with Gasteiger partial charge < -0.3 is 24.8 Å². The van der Waals surface area contributed by atoms with Gasteiger partial charge in [0.25, 0.3) is 0 Å². The second-order valence-electron chi connectivity index (χ2n) is 9.12. The smallest absolute Gasteiger partial charge is 0.250 e. The molecule has 0 radical (unpaired) electrons. The SMILES string of the molecule is COCC(=O)Nc1ccc(N2C(=S)N[C@H](c3ccccn3)[C@H]2c2cccn2-c2cccc(C)c2)cc1C. The predicted octanol–water partition coefficient (Wildman–Crippen LogP) is 5.25. The van der Waals surface area contributed by atoms with Crippen LogP contribution >= 0.6 is 12.2 Å². The number of pyridine rings is 1. The Morgan fingerprint density at radius 2 is 1.92 bits per heavy atom. The quantitative estimate of drug-likeness (QED) is 0.330. The molecule has 8 heteroatoms. The van der Waals surface area contributed by atoms with E-state index in [1.165, 1.54) is 12.7 Å². The summed E-state index contributed by atoms with van der Waals surface area (Å²) in [6.45, 7) is 4.07. The first-order chi connectivity index (χ1) is 18.0. The molecule has 1 saturated heterocycles. The van der Waals surface area contributed by atoms with Crippen molar-refractivity contribution in [3.63, 3.8) is 0 Å². The fourth-order valence-corrected chi connectivity index (χ4v) is 5.18. The lowest BCUT2D eigenvalue weighted by Gasteiger charge is -2.29. The fraction of sp³-hybridized carbons (Fsp3) is 0.207. The van der Waals surface area contributed by atoms with Crippen LogP contribution in [0.4, 0.5) is 11.4 Å². The van der Waals surface area contributed by atoms with Gasteiger partial charge in [0.15, 0.2) is 5.11 Å². The minimum absolute atomic E-state index is 0.00506. The molecule has 4 aromatic rings. The Kier molecular flexibility index (Phi) is 7.03. The highest BCUT2D eigenvalue weighted by Gasteiger charge is 2.42. The van der Waals surface area contributed by atoms with Crippen LogP contribution in [-0.4, -0.2) is 34.3 Å². The number of nitrogens with zero attached hydrogens (tertiary/aromatic N) is 3. The van der Waals surface area contributed by atoms with Crippen LogP contribution in [-0.2, 0) is 9.53 Å². The number of anilines is 2. The summed E-state index contributed by atoms with van der Waals surface area (Å²) in [6.07, 6.45) is 3.89. The number of ether oxygens (including phenoxy) is 1. The zero-order valence-corrected chi connectivity index (χ0v) is 21.8. The Hall–Kier alpha value is -4.01. The number of carbonyl (C=O) groups excluding carboxylic acids is 1. The minimum atomic E-state index is -0.194. The summed E-state index contributed by atoms with van der Waals surface area (Å²) in [5.74, 6) is -0.194. The van der Waals surface area contributed by atoms with Crippen molar-refractivity contribution in [2.24, 2.45) is 0 Å². The molecule has 0 spiro atoms. The Morgan fingerprint density at radius 1 is 1.05 bits per heavy atom. The Balaban J connectivity index is 1.59. The molecule has 37 heavy (non-hydrogen) atoms. The van der Waals surface area contributed by atoms with Gasteiger partial charge in [-0.3, -0.25) is 9.78 Å². The number of hydrogen-bond donors (Lipinski definition) is 2. The molecule has 2 atom stereocenters. The van der Waals surface area contributed by atoms with Gasteiger partial charge in [-0.25, -0.2) is 0 Å². The Bertz CT molecular complexity index is 1440. The van der Waals surface area contributed by atoms with Crippen LogP contribution in [0.3, 0.4) is 0 Å². The van der Waals surface area contributed by atoms with Gasteiger partial charge in [-0.05, 0) is 91.8 Å². The number of aryl methyl sites for hydroxylation is 2. The van der Waals surface area contributed by atoms with Crippen LogP contribution in [0, 0.1) is 13.8 Å². The third-order valence-corrected chi connectivity index (χ3v) is 6.81. The molecular weight excluding hydrogens is 482 g/mol. The lowest BCUT2D eigenvalue weighted by atomic mass is 10.00. The van der Waals surface area contributed by atoms with Crippen LogP contribution in [0.5, 0.6) is 0 Å². The van der Waals surface area contributed by atoms with Crippen molar-refractivity contribution >= 4 is 34.6 Å². The first-order valence-corrected chi connectivity index (χ1v) is 12.5. The van der Waals surface area contributed by atoms with E-state index in [-0.39, 0.29) is 24.6 Å². The number of rotatable bonds is 7. The maximum absolute atomic E-state index is 12.1. The van der Waals surface area contributed by atoms with Crippen LogP contribution in [0.1, 0.15) is 34.6 Å². The summed E-state index contributed by atoms with van der Waals surface area (Å²) in [5.41, 5.74) is 6.88. The molecule has 1 aliphatic rings. The third-order valence-electron chi connectivity index (χ3n) is 6.50. The molecule has 1 fully saturated rings.